The number of likely N-dealkylation sites (tertiary alicyclic amines) is 2. The number of fused-ring (bicyclic) bond motifs is 4. The van der Waals surface area contributed by atoms with Gasteiger partial charge in [-0.05, 0) is 104 Å². The highest BCUT2D eigenvalue weighted by Crippen LogP contribution is 2.89. The molecule has 0 aromatic rings. The van der Waals surface area contributed by atoms with Gasteiger partial charge in [-0.2, -0.15) is 0 Å². The standard InChI is InChI=1S/C40H62F2N2O6/c1-23(2)30(50-34(47)43-17-8-18-43)25-21-24(3)29-31(48-25)32(45)37(7)27-10-9-26-35(4,5)28(49-33(46)44-19-15-40(41,42)16-20-44)11-12-38(26)22-39(27,38)14-13-36(29,37)6/h23-32,45H,8-22H2,1-7H3/t24-,25?,26+,27?,28+,29+,30-,31?,32+,36?,37-,38?,39+/m1/s1. The van der Waals surface area contributed by atoms with Gasteiger partial charge in [0.1, 0.15) is 12.2 Å². The molecule has 13 atom stereocenters. The molecule has 0 bridgehead atoms. The monoisotopic (exact) mass is 704 g/mol. The van der Waals surface area contributed by atoms with Crippen LogP contribution in [-0.2, 0) is 14.2 Å². The summed E-state index contributed by atoms with van der Waals surface area (Å²) in [4.78, 5) is 29.4. The second kappa shape index (κ2) is 11.4. The number of carbonyl (C=O) groups is 2. The zero-order chi connectivity index (χ0) is 35.8. The van der Waals surface area contributed by atoms with Gasteiger partial charge in [0.25, 0.3) is 5.92 Å². The maximum atomic E-state index is 13.8. The minimum atomic E-state index is -2.70. The van der Waals surface area contributed by atoms with Crippen LogP contribution >= 0.6 is 0 Å². The first kappa shape index (κ1) is 35.4. The second-order valence-corrected chi connectivity index (χ2v) is 19.7. The number of hydrogen-bond acceptors (Lipinski definition) is 6. The fourth-order valence-electron chi connectivity index (χ4n) is 14.3. The summed E-state index contributed by atoms with van der Waals surface area (Å²) in [5, 5.41) is 12.6. The van der Waals surface area contributed by atoms with Gasteiger partial charge in [0.05, 0.1) is 18.3 Å². The highest BCUT2D eigenvalue weighted by atomic mass is 19.3. The summed E-state index contributed by atoms with van der Waals surface area (Å²) in [5.74, 6) is -1.23. The van der Waals surface area contributed by atoms with Gasteiger partial charge >= 0.3 is 12.2 Å². The summed E-state index contributed by atoms with van der Waals surface area (Å²) in [6.07, 6.45) is 6.16. The van der Waals surface area contributed by atoms with Crippen molar-refractivity contribution in [1.29, 1.82) is 0 Å². The Bertz CT molecular complexity index is 1380. The van der Waals surface area contributed by atoms with Crippen LogP contribution < -0.4 is 0 Å². The van der Waals surface area contributed by atoms with Crippen LogP contribution in [0.5, 0.6) is 0 Å². The van der Waals surface area contributed by atoms with Crippen LogP contribution in [0.3, 0.4) is 0 Å². The Morgan fingerprint density at radius 2 is 1.50 bits per heavy atom. The van der Waals surface area contributed by atoms with Gasteiger partial charge in [-0.15, -0.1) is 0 Å². The lowest BCUT2D eigenvalue weighted by Gasteiger charge is -2.63. The molecule has 2 amide bonds. The first-order valence-electron chi connectivity index (χ1n) is 20.0. The molecule has 3 saturated heterocycles. The summed E-state index contributed by atoms with van der Waals surface area (Å²) in [7, 11) is 0. The molecular formula is C40H62F2N2O6. The van der Waals surface area contributed by atoms with Crippen molar-refractivity contribution >= 4 is 12.2 Å². The molecule has 50 heavy (non-hydrogen) atoms. The van der Waals surface area contributed by atoms with Crippen LogP contribution in [0.25, 0.3) is 0 Å². The van der Waals surface area contributed by atoms with E-state index in [9.17, 15) is 23.5 Å². The number of nitrogens with zero attached hydrogens (tertiary/aromatic N) is 2. The number of piperidine rings is 1. The minimum absolute atomic E-state index is 0.0454. The second-order valence-electron chi connectivity index (χ2n) is 19.7. The zero-order valence-electron chi connectivity index (χ0n) is 31.5. The largest absolute Gasteiger partial charge is 0.446 e. The Morgan fingerprint density at radius 1 is 0.860 bits per heavy atom. The van der Waals surface area contributed by atoms with E-state index in [0.29, 0.717) is 17.8 Å². The molecule has 0 aromatic carbocycles. The molecule has 282 valence electrons. The summed E-state index contributed by atoms with van der Waals surface area (Å²) >= 11 is 0. The molecular weight excluding hydrogens is 642 g/mol. The Labute approximate surface area is 297 Å². The average molecular weight is 705 g/mol. The Morgan fingerprint density at radius 3 is 2.14 bits per heavy atom. The van der Waals surface area contributed by atoms with Gasteiger partial charge < -0.3 is 29.1 Å². The minimum Gasteiger partial charge on any atom is -0.446 e. The maximum Gasteiger partial charge on any atom is 0.410 e. The predicted molar refractivity (Wildman–Crippen MR) is 183 cm³/mol. The molecule has 3 heterocycles. The van der Waals surface area contributed by atoms with Crippen molar-refractivity contribution in [3.8, 4) is 0 Å². The zero-order valence-corrected chi connectivity index (χ0v) is 31.5. The third kappa shape index (κ3) is 4.70. The number of alkyl halides is 2. The van der Waals surface area contributed by atoms with Crippen molar-refractivity contribution in [2.24, 2.45) is 56.7 Å². The Kier molecular flexibility index (Phi) is 8.07. The lowest BCUT2D eigenvalue weighted by atomic mass is 9.41. The van der Waals surface area contributed by atoms with Gasteiger partial charge in [0.2, 0.25) is 0 Å². The summed E-state index contributed by atoms with van der Waals surface area (Å²) in [6, 6.07) is 0. The van der Waals surface area contributed by atoms with Crippen molar-refractivity contribution < 1.29 is 37.7 Å². The first-order chi connectivity index (χ1) is 23.4. The number of halogens is 2. The Hall–Kier alpha value is -1.68. The molecule has 0 aromatic heterocycles. The molecule has 5 aliphatic carbocycles. The molecule has 0 radical (unpaired) electrons. The van der Waals surface area contributed by atoms with Crippen LogP contribution in [-0.4, -0.2) is 89.7 Å². The third-order valence-corrected chi connectivity index (χ3v) is 17.1. The summed E-state index contributed by atoms with van der Waals surface area (Å²) in [6.45, 7) is 17.5. The number of hydrogen-bond donors (Lipinski definition) is 1. The normalized spacial score (nSPS) is 48.9. The van der Waals surface area contributed by atoms with Crippen molar-refractivity contribution in [3.63, 3.8) is 0 Å². The van der Waals surface area contributed by atoms with Gasteiger partial charge in [0, 0.05) is 49.9 Å². The van der Waals surface area contributed by atoms with E-state index in [1.807, 2.05) is 0 Å². The number of amides is 2. The van der Waals surface area contributed by atoms with Gasteiger partial charge in [-0.25, -0.2) is 18.4 Å². The van der Waals surface area contributed by atoms with Gasteiger partial charge in [0.15, 0.2) is 0 Å². The van der Waals surface area contributed by atoms with E-state index in [4.69, 9.17) is 14.2 Å². The molecule has 8 fully saturated rings. The molecule has 5 saturated carbocycles. The predicted octanol–water partition coefficient (Wildman–Crippen LogP) is 7.90. The van der Waals surface area contributed by atoms with E-state index in [1.54, 1.807) is 4.90 Å². The van der Waals surface area contributed by atoms with E-state index in [0.717, 1.165) is 64.5 Å². The molecule has 8 nitrogen and oxygen atoms in total. The fraction of sp³-hybridized carbons (Fsp3) is 0.950. The van der Waals surface area contributed by atoms with Crippen molar-refractivity contribution in [2.45, 2.75) is 156 Å². The van der Waals surface area contributed by atoms with Gasteiger partial charge in [-0.1, -0.05) is 48.5 Å². The number of carbonyl (C=O) groups excluding carboxylic acids is 2. The number of aliphatic hydroxyl groups is 1. The van der Waals surface area contributed by atoms with Crippen LogP contribution in [0.15, 0.2) is 0 Å². The fourth-order valence-corrected chi connectivity index (χ4v) is 14.3. The Balaban J connectivity index is 1.01. The number of rotatable bonds is 4. The molecule has 8 rings (SSSR count). The molecule has 5 unspecified atom stereocenters. The van der Waals surface area contributed by atoms with Crippen LogP contribution in [0.4, 0.5) is 18.4 Å². The van der Waals surface area contributed by atoms with Crippen molar-refractivity contribution in [2.75, 3.05) is 26.2 Å². The molecule has 8 aliphatic rings. The molecule has 1 N–H and O–H groups in total. The van der Waals surface area contributed by atoms with Crippen LogP contribution in [0.2, 0.25) is 0 Å². The number of ether oxygens (including phenoxy) is 3. The molecule has 2 spiro atoms. The topological polar surface area (TPSA) is 88.5 Å². The van der Waals surface area contributed by atoms with Crippen LogP contribution in [0, 0.1) is 56.7 Å². The third-order valence-electron chi connectivity index (χ3n) is 17.1. The highest BCUT2D eigenvalue weighted by molar-refractivity contribution is 5.69. The lowest BCUT2D eigenvalue weighted by molar-refractivity contribution is -0.186. The van der Waals surface area contributed by atoms with E-state index in [-0.39, 0.29) is 95.4 Å². The van der Waals surface area contributed by atoms with E-state index in [1.165, 1.54) is 11.3 Å². The molecule has 10 heteroatoms. The van der Waals surface area contributed by atoms with E-state index in [2.05, 4.69) is 48.5 Å². The SMILES string of the molecule is CC(C)[C@@H](OC(=O)N1CCC1)C1C[C@@H](C)[C@H]2C(O1)[C@H](O)[C@@]1(C)C3CC[C@H]4C(C)(C)[C@@H](OC(=O)N5CCC(F)(F)CC5)CCC45C[C@@]35CCC21C. The summed E-state index contributed by atoms with van der Waals surface area (Å²) < 4.78 is 46.9. The quantitative estimate of drug-likeness (QED) is 0.320. The van der Waals surface area contributed by atoms with Crippen molar-refractivity contribution in [1.82, 2.24) is 9.80 Å². The average Bonchev–Trinajstić information content (AvgIpc) is 3.64. The lowest BCUT2D eigenvalue weighted by Crippen LogP contribution is -2.60. The van der Waals surface area contributed by atoms with E-state index < -0.39 is 18.1 Å². The first-order valence-corrected chi connectivity index (χ1v) is 20.0. The maximum absolute atomic E-state index is 13.8. The molecule has 3 aliphatic heterocycles. The van der Waals surface area contributed by atoms with Gasteiger partial charge in [-0.3, -0.25) is 0 Å². The summed E-state index contributed by atoms with van der Waals surface area (Å²) in [5.41, 5.74) is -0.252. The van der Waals surface area contributed by atoms with Crippen molar-refractivity contribution in [3.05, 3.63) is 0 Å². The highest BCUT2D eigenvalue weighted by Gasteiger charge is 2.84. The van der Waals surface area contributed by atoms with Crippen LogP contribution in [0.1, 0.15) is 119 Å². The van der Waals surface area contributed by atoms with E-state index >= 15 is 0 Å². The smallest absolute Gasteiger partial charge is 0.410 e. The number of aliphatic hydroxyl groups excluding tert-OH is 1.